The Labute approximate surface area is 143 Å². The van der Waals surface area contributed by atoms with Crippen LogP contribution in [0.1, 0.15) is 49.7 Å². The van der Waals surface area contributed by atoms with Crippen molar-refractivity contribution in [3.63, 3.8) is 0 Å². The molecule has 6 heteroatoms. The van der Waals surface area contributed by atoms with Crippen LogP contribution in [0.15, 0.2) is 10.5 Å². The van der Waals surface area contributed by atoms with E-state index in [0.29, 0.717) is 17.9 Å². The van der Waals surface area contributed by atoms with Gasteiger partial charge in [0, 0.05) is 25.8 Å². The topological polar surface area (TPSA) is 83.7 Å². The lowest BCUT2D eigenvalue weighted by Crippen LogP contribution is -2.48. The zero-order valence-corrected chi connectivity index (χ0v) is 15.2. The molecule has 0 aliphatic heterocycles. The van der Waals surface area contributed by atoms with Crippen LogP contribution in [0.4, 0.5) is 4.79 Å². The molecular weight excluding hydrogens is 308 g/mol. The van der Waals surface area contributed by atoms with Crippen molar-refractivity contribution >= 4 is 6.03 Å². The number of amides is 2. The summed E-state index contributed by atoms with van der Waals surface area (Å²) in [7, 11) is 1.70. The van der Waals surface area contributed by atoms with Gasteiger partial charge in [0.25, 0.3) is 0 Å². The van der Waals surface area contributed by atoms with Gasteiger partial charge in [-0.25, -0.2) is 4.79 Å². The zero-order chi connectivity index (χ0) is 17.8. The third-order valence-corrected chi connectivity index (χ3v) is 5.09. The summed E-state index contributed by atoms with van der Waals surface area (Å²) < 4.78 is 10.6. The molecule has 3 N–H and O–H groups in total. The average Bonchev–Trinajstić information content (AvgIpc) is 2.83. The van der Waals surface area contributed by atoms with E-state index in [9.17, 15) is 9.90 Å². The van der Waals surface area contributed by atoms with Gasteiger partial charge in [-0.05, 0) is 51.5 Å². The van der Waals surface area contributed by atoms with Crippen LogP contribution in [0.2, 0.25) is 0 Å². The molecule has 0 bridgehead atoms. The summed E-state index contributed by atoms with van der Waals surface area (Å²) in [5.41, 5.74) is -0.284. The first-order valence-electron chi connectivity index (χ1n) is 8.59. The summed E-state index contributed by atoms with van der Waals surface area (Å²) >= 11 is 0. The van der Waals surface area contributed by atoms with Gasteiger partial charge in [0.1, 0.15) is 17.1 Å². The van der Waals surface area contributed by atoms with Gasteiger partial charge < -0.3 is 24.9 Å². The van der Waals surface area contributed by atoms with E-state index < -0.39 is 5.60 Å². The number of aryl methyl sites for hydroxylation is 2. The molecule has 1 aliphatic carbocycles. The molecule has 2 rings (SSSR count). The highest BCUT2D eigenvalue weighted by atomic mass is 16.5. The summed E-state index contributed by atoms with van der Waals surface area (Å²) in [5.74, 6) is 1.42. The Bertz CT molecular complexity index is 561. The molecule has 1 heterocycles. The van der Waals surface area contributed by atoms with Gasteiger partial charge in [-0.3, -0.25) is 0 Å². The van der Waals surface area contributed by atoms with Crippen molar-refractivity contribution in [2.45, 2.75) is 52.1 Å². The molecule has 1 unspecified atom stereocenters. The number of aliphatic hydroxyl groups is 1. The van der Waals surface area contributed by atoms with Crippen LogP contribution in [0, 0.1) is 19.3 Å². The minimum Gasteiger partial charge on any atom is -0.466 e. The quantitative estimate of drug-likeness (QED) is 0.680. The second-order valence-corrected chi connectivity index (χ2v) is 7.23. The lowest BCUT2D eigenvalue weighted by molar-refractivity contribution is 0.0561. The van der Waals surface area contributed by atoms with Crippen molar-refractivity contribution in [2.24, 2.45) is 5.41 Å². The van der Waals surface area contributed by atoms with Crippen LogP contribution < -0.4 is 10.6 Å². The van der Waals surface area contributed by atoms with Crippen molar-refractivity contribution in [3.05, 3.63) is 23.2 Å². The molecule has 0 saturated heterocycles. The lowest BCUT2D eigenvalue weighted by atomic mass is 9.67. The first kappa shape index (κ1) is 18.8. The third-order valence-electron chi connectivity index (χ3n) is 5.09. The highest BCUT2D eigenvalue weighted by molar-refractivity contribution is 5.74. The summed E-state index contributed by atoms with van der Waals surface area (Å²) in [5, 5.41) is 16.3. The van der Waals surface area contributed by atoms with Crippen LogP contribution in [-0.4, -0.2) is 37.9 Å². The van der Waals surface area contributed by atoms with Gasteiger partial charge in [0.2, 0.25) is 0 Å². The van der Waals surface area contributed by atoms with Crippen LogP contribution in [0.5, 0.6) is 0 Å². The predicted molar refractivity (Wildman–Crippen MR) is 91.9 cm³/mol. The maximum atomic E-state index is 12.1. The first-order chi connectivity index (χ1) is 11.3. The summed E-state index contributed by atoms with van der Waals surface area (Å²) in [6.07, 6.45) is 4.43. The van der Waals surface area contributed by atoms with E-state index >= 15 is 0 Å². The Kier molecular flexibility index (Phi) is 5.93. The number of urea groups is 1. The molecule has 0 aromatic carbocycles. The maximum absolute atomic E-state index is 12.1. The number of furan rings is 1. The second kappa shape index (κ2) is 7.57. The van der Waals surface area contributed by atoms with Gasteiger partial charge >= 0.3 is 6.03 Å². The van der Waals surface area contributed by atoms with Crippen molar-refractivity contribution < 1.29 is 19.1 Å². The summed E-state index contributed by atoms with van der Waals surface area (Å²) in [6.45, 7) is 6.82. The number of carbonyl (C=O) groups is 1. The van der Waals surface area contributed by atoms with E-state index in [0.717, 1.165) is 31.6 Å². The van der Waals surface area contributed by atoms with E-state index in [1.165, 1.54) is 6.42 Å². The Morgan fingerprint density at radius 3 is 2.62 bits per heavy atom. The molecule has 1 aromatic rings. The van der Waals surface area contributed by atoms with Crippen molar-refractivity contribution in [2.75, 3.05) is 26.8 Å². The van der Waals surface area contributed by atoms with Gasteiger partial charge in [-0.2, -0.15) is 0 Å². The zero-order valence-electron chi connectivity index (χ0n) is 15.2. The largest absolute Gasteiger partial charge is 0.466 e. The smallest absolute Gasteiger partial charge is 0.314 e. The third kappa shape index (κ3) is 4.51. The molecule has 2 amide bonds. The summed E-state index contributed by atoms with van der Waals surface area (Å²) in [6, 6.07) is 1.56. The van der Waals surface area contributed by atoms with E-state index in [4.69, 9.17) is 9.15 Å². The van der Waals surface area contributed by atoms with E-state index in [1.54, 1.807) is 14.0 Å². The predicted octanol–water partition coefficient (Wildman–Crippen LogP) is 2.61. The Balaban J connectivity index is 1.81. The second-order valence-electron chi connectivity index (χ2n) is 7.23. The van der Waals surface area contributed by atoms with Gasteiger partial charge in [0.05, 0.1) is 6.54 Å². The highest BCUT2D eigenvalue weighted by Gasteiger charge is 2.37. The number of rotatable bonds is 8. The Hall–Kier alpha value is -1.53. The molecule has 1 aromatic heterocycles. The average molecular weight is 338 g/mol. The fraction of sp³-hybridized carbons (Fsp3) is 0.722. The van der Waals surface area contributed by atoms with Crippen molar-refractivity contribution in [1.29, 1.82) is 0 Å². The van der Waals surface area contributed by atoms with Gasteiger partial charge in [-0.1, -0.05) is 6.42 Å². The molecule has 1 atom stereocenters. The molecule has 1 fully saturated rings. The SMILES string of the molecule is COCCC1(CNC(=O)NCC(C)(O)c2cc(C)oc2C)CCC1. The minimum atomic E-state index is -1.16. The molecule has 0 radical (unpaired) electrons. The molecule has 24 heavy (non-hydrogen) atoms. The normalized spacial score (nSPS) is 18.5. The maximum Gasteiger partial charge on any atom is 0.314 e. The number of hydrogen-bond donors (Lipinski definition) is 3. The number of nitrogens with one attached hydrogen (secondary N) is 2. The van der Waals surface area contributed by atoms with Crippen LogP contribution in [0.25, 0.3) is 0 Å². The first-order valence-corrected chi connectivity index (χ1v) is 8.59. The highest BCUT2D eigenvalue weighted by Crippen LogP contribution is 2.43. The van der Waals surface area contributed by atoms with Crippen LogP contribution >= 0.6 is 0 Å². The lowest BCUT2D eigenvalue weighted by Gasteiger charge is -2.42. The number of ether oxygens (including phenoxy) is 1. The number of hydrogen-bond acceptors (Lipinski definition) is 4. The Morgan fingerprint density at radius 1 is 1.42 bits per heavy atom. The van der Waals surface area contributed by atoms with E-state index in [1.807, 2.05) is 19.9 Å². The fourth-order valence-corrected chi connectivity index (χ4v) is 3.35. The monoisotopic (exact) mass is 338 g/mol. The van der Waals surface area contributed by atoms with Crippen molar-refractivity contribution in [1.82, 2.24) is 10.6 Å². The van der Waals surface area contributed by atoms with Gasteiger partial charge in [-0.15, -0.1) is 0 Å². The summed E-state index contributed by atoms with van der Waals surface area (Å²) in [4.78, 5) is 12.1. The van der Waals surface area contributed by atoms with Crippen LogP contribution in [-0.2, 0) is 10.3 Å². The molecular formula is C18H30N2O4. The van der Waals surface area contributed by atoms with Crippen LogP contribution in [0.3, 0.4) is 0 Å². The Morgan fingerprint density at radius 2 is 2.12 bits per heavy atom. The minimum absolute atomic E-state index is 0.129. The molecule has 1 saturated carbocycles. The van der Waals surface area contributed by atoms with E-state index in [2.05, 4.69) is 10.6 Å². The van der Waals surface area contributed by atoms with Gasteiger partial charge in [0.15, 0.2) is 0 Å². The van der Waals surface area contributed by atoms with E-state index in [-0.39, 0.29) is 18.0 Å². The standard InChI is InChI=1S/C18H30N2O4/c1-13-10-15(14(2)24-13)17(3,22)11-19-16(21)20-12-18(6-5-7-18)8-9-23-4/h10,22H,5-9,11-12H2,1-4H3,(H2,19,20,21). The number of methoxy groups -OCH3 is 1. The molecule has 1 aliphatic rings. The van der Waals surface area contributed by atoms with Crippen molar-refractivity contribution in [3.8, 4) is 0 Å². The molecule has 136 valence electrons. The number of carbonyl (C=O) groups excluding carboxylic acids is 1. The fourth-order valence-electron chi connectivity index (χ4n) is 3.35. The molecule has 6 nitrogen and oxygen atoms in total. The molecule has 0 spiro atoms.